The molecule has 3 aromatic carbocycles. The molecular weight excluding hydrogens is 413 g/mol. The molecular formula is C25H22FNO5. The highest BCUT2D eigenvalue weighted by Crippen LogP contribution is 2.30. The number of nitrogens with one attached hydrogen (secondary N) is 1. The van der Waals surface area contributed by atoms with Crippen molar-refractivity contribution in [1.82, 2.24) is 5.32 Å². The lowest BCUT2D eigenvalue weighted by molar-refractivity contribution is -0.132. The molecule has 0 unspecified atom stereocenters. The van der Waals surface area contributed by atoms with Crippen LogP contribution in [0, 0.1) is 5.82 Å². The van der Waals surface area contributed by atoms with Crippen molar-refractivity contribution in [2.75, 3.05) is 6.61 Å². The van der Waals surface area contributed by atoms with Gasteiger partial charge in [-0.2, -0.15) is 0 Å². The summed E-state index contributed by atoms with van der Waals surface area (Å²) >= 11 is 0. The Morgan fingerprint density at radius 1 is 0.969 bits per heavy atom. The van der Waals surface area contributed by atoms with Crippen LogP contribution >= 0.6 is 0 Å². The summed E-state index contributed by atoms with van der Waals surface area (Å²) in [7, 11) is 0. The normalized spacial score (nSPS) is 11.0. The number of rotatable bonds is 9. The van der Waals surface area contributed by atoms with E-state index in [1.807, 2.05) is 6.92 Å². The van der Waals surface area contributed by atoms with Gasteiger partial charge in [-0.3, -0.25) is 4.79 Å². The van der Waals surface area contributed by atoms with E-state index in [1.54, 1.807) is 60.7 Å². The Bertz CT molecular complexity index is 1130. The predicted octanol–water partition coefficient (Wildman–Crippen LogP) is 4.66. The molecule has 0 bridgehead atoms. The van der Waals surface area contributed by atoms with Gasteiger partial charge in [0.2, 0.25) is 0 Å². The zero-order valence-corrected chi connectivity index (χ0v) is 17.4. The highest BCUT2D eigenvalue weighted by atomic mass is 19.1. The van der Waals surface area contributed by atoms with Gasteiger partial charge in [-0.25, -0.2) is 9.18 Å². The second kappa shape index (κ2) is 10.8. The molecule has 0 fully saturated rings. The number of amides is 1. The van der Waals surface area contributed by atoms with Crippen molar-refractivity contribution in [2.45, 2.75) is 13.5 Å². The zero-order chi connectivity index (χ0) is 22.9. The van der Waals surface area contributed by atoms with Crippen LogP contribution in [-0.2, 0) is 11.4 Å². The van der Waals surface area contributed by atoms with E-state index in [4.69, 9.17) is 9.47 Å². The van der Waals surface area contributed by atoms with Crippen LogP contribution in [0.1, 0.15) is 28.4 Å². The van der Waals surface area contributed by atoms with E-state index >= 15 is 0 Å². The van der Waals surface area contributed by atoms with Crippen LogP contribution in [-0.4, -0.2) is 23.6 Å². The molecule has 0 aliphatic rings. The second-order valence-electron chi connectivity index (χ2n) is 6.74. The summed E-state index contributed by atoms with van der Waals surface area (Å²) in [5.41, 5.74) is 1.22. The number of carbonyl (C=O) groups excluding carboxylic acids is 1. The van der Waals surface area contributed by atoms with Crippen LogP contribution in [0.25, 0.3) is 6.08 Å². The number of hydrogen-bond donors (Lipinski definition) is 2. The summed E-state index contributed by atoms with van der Waals surface area (Å²) in [6, 6.07) is 19.3. The Hall–Kier alpha value is -4.13. The molecule has 2 N–H and O–H groups in total. The molecule has 0 spiro atoms. The van der Waals surface area contributed by atoms with Gasteiger partial charge in [0.1, 0.15) is 18.1 Å². The van der Waals surface area contributed by atoms with Crippen molar-refractivity contribution in [3.8, 4) is 11.5 Å². The molecule has 3 aromatic rings. The van der Waals surface area contributed by atoms with Gasteiger partial charge in [-0.1, -0.05) is 36.4 Å². The molecule has 1 amide bonds. The number of ether oxygens (including phenoxy) is 2. The first kappa shape index (κ1) is 22.6. The summed E-state index contributed by atoms with van der Waals surface area (Å²) < 4.78 is 24.7. The smallest absolute Gasteiger partial charge is 0.352 e. The van der Waals surface area contributed by atoms with E-state index in [0.717, 1.165) is 0 Å². The number of benzene rings is 3. The molecule has 3 rings (SSSR count). The maximum Gasteiger partial charge on any atom is 0.352 e. The first-order valence-electron chi connectivity index (χ1n) is 9.91. The molecule has 0 aliphatic heterocycles. The summed E-state index contributed by atoms with van der Waals surface area (Å²) in [4.78, 5) is 24.0. The fourth-order valence-electron chi connectivity index (χ4n) is 2.89. The van der Waals surface area contributed by atoms with Gasteiger partial charge >= 0.3 is 5.97 Å². The zero-order valence-electron chi connectivity index (χ0n) is 17.4. The van der Waals surface area contributed by atoms with Gasteiger partial charge in [-0.05, 0) is 60.5 Å². The van der Waals surface area contributed by atoms with Gasteiger partial charge in [-0.15, -0.1) is 0 Å². The Balaban J connectivity index is 1.80. The molecule has 32 heavy (non-hydrogen) atoms. The van der Waals surface area contributed by atoms with Gasteiger partial charge < -0.3 is 19.9 Å². The summed E-state index contributed by atoms with van der Waals surface area (Å²) in [5.74, 6) is -1.33. The largest absolute Gasteiger partial charge is 0.490 e. The Morgan fingerprint density at radius 3 is 2.44 bits per heavy atom. The van der Waals surface area contributed by atoms with Crippen LogP contribution < -0.4 is 14.8 Å². The molecule has 0 aliphatic carbocycles. The highest BCUT2D eigenvalue weighted by Gasteiger charge is 2.14. The average molecular weight is 435 g/mol. The number of aliphatic carboxylic acids is 1. The highest BCUT2D eigenvalue weighted by molar-refractivity contribution is 6.02. The lowest BCUT2D eigenvalue weighted by atomic mass is 10.1. The standard InChI is InChI=1S/C25H22FNO5/c1-2-31-23-15-17(11-12-22(23)32-16-18-7-6-10-20(26)13-18)14-21(25(29)30)27-24(28)19-8-4-3-5-9-19/h3-15H,2,16H2,1H3,(H,27,28)(H,29,30)/b21-14+. The van der Waals surface area contributed by atoms with Crippen LogP contribution in [0.3, 0.4) is 0 Å². The van der Waals surface area contributed by atoms with E-state index in [0.29, 0.717) is 34.8 Å². The van der Waals surface area contributed by atoms with Gasteiger partial charge in [0.25, 0.3) is 5.91 Å². The minimum Gasteiger partial charge on any atom is -0.490 e. The van der Waals surface area contributed by atoms with Crippen molar-refractivity contribution < 1.29 is 28.6 Å². The quantitative estimate of drug-likeness (QED) is 0.478. The van der Waals surface area contributed by atoms with Crippen LogP contribution in [0.15, 0.2) is 78.5 Å². The van der Waals surface area contributed by atoms with Crippen LogP contribution in [0.2, 0.25) is 0 Å². The third kappa shape index (κ3) is 6.18. The maximum absolute atomic E-state index is 13.4. The Labute approximate surface area is 184 Å². The number of hydrogen-bond acceptors (Lipinski definition) is 4. The van der Waals surface area contributed by atoms with Gasteiger partial charge in [0, 0.05) is 5.56 Å². The van der Waals surface area contributed by atoms with Crippen molar-refractivity contribution in [2.24, 2.45) is 0 Å². The van der Waals surface area contributed by atoms with Crippen molar-refractivity contribution in [3.05, 3.63) is 101 Å². The first-order valence-corrected chi connectivity index (χ1v) is 9.91. The SMILES string of the molecule is CCOc1cc(/C=C(/NC(=O)c2ccccc2)C(=O)O)ccc1OCc1cccc(F)c1. The summed E-state index contributed by atoms with van der Waals surface area (Å²) in [6.45, 7) is 2.31. The third-order valence-corrected chi connectivity index (χ3v) is 4.38. The van der Waals surface area contributed by atoms with E-state index < -0.39 is 11.9 Å². The molecule has 0 saturated heterocycles. The second-order valence-corrected chi connectivity index (χ2v) is 6.74. The third-order valence-electron chi connectivity index (χ3n) is 4.38. The maximum atomic E-state index is 13.4. The molecule has 0 heterocycles. The lowest BCUT2D eigenvalue weighted by Gasteiger charge is -2.13. The molecule has 0 radical (unpaired) electrons. The van der Waals surface area contributed by atoms with E-state index in [-0.39, 0.29) is 18.1 Å². The fraction of sp³-hybridized carbons (Fsp3) is 0.120. The van der Waals surface area contributed by atoms with Gasteiger partial charge in [0.15, 0.2) is 11.5 Å². The fourth-order valence-corrected chi connectivity index (χ4v) is 2.89. The molecule has 0 atom stereocenters. The number of carbonyl (C=O) groups is 2. The summed E-state index contributed by atoms with van der Waals surface area (Å²) in [5, 5.41) is 11.9. The minimum atomic E-state index is -1.28. The van der Waals surface area contributed by atoms with E-state index in [2.05, 4.69) is 5.32 Å². The monoisotopic (exact) mass is 435 g/mol. The predicted molar refractivity (Wildman–Crippen MR) is 118 cm³/mol. The minimum absolute atomic E-state index is 0.139. The Kier molecular flexibility index (Phi) is 7.59. The van der Waals surface area contributed by atoms with Gasteiger partial charge in [0.05, 0.1) is 6.61 Å². The van der Waals surface area contributed by atoms with Crippen LogP contribution in [0.5, 0.6) is 11.5 Å². The number of carboxylic acids is 1. The summed E-state index contributed by atoms with van der Waals surface area (Å²) in [6.07, 6.45) is 1.34. The molecule has 0 saturated carbocycles. The number of carboxylic acid groups (broad SMARTS) is 1. The van der Waals surface area contributed by atoms with E-state index in [1.165, 1.54) is 18.2 Å². The molecule has 7 heteroatoms. The average Bonchev–Trinajstić information content (AvgIpc) is 2.79. The first-order chi connectivity index (χ1) is 15.5. The van der Waals surface area contributed by atoms with E-state index in [9.17, 15) is 19.1 Å². The molecule has 164 valence electrons. The topological polar surface area (TPSA) is 84.9 Å². The van der Waals surface area contributed by atoms with Crippen LogP contribution in [0.4, 0.5) is 4.39 Å². The van der Waals surface area contributed by atoms with Crippen molar-refractivity contribution in [3.63, 3.8) is 0 Å². The lowest BCUT2D eigenvalue weighted by Crippen LogP contribution is -2.27. The van der Waals surface area contributed by atoms with Crippen molar-refractivity contribution >= 4 is 18.0 Å². The molecule has 0 aromatic heterocycles. The Morgan fingerprint density at radius 2 is 1.75 bits per heavy atom. The molecule has 6 nitrogen and oxygen atoms in total. The number of halogens is 1. The van der Waals surface area contributed by atoms with Crippen molar-refractivity contribution in [1.29, 1.82) is 0 Å².